The second kappa shape index (κ2) is 5.57. The Kier molecular flexibility index (Phi) is 3.87. The molecule has 4 aliphatic carbocycles. The average Bonchev–Trinajstić information content (AvgIpc) is 2.86. The highest BCUT2D eigenvalue weighted by atomic mass is 14.6. The Balaban J connectivity index is 1.55. The second-order valence-corrected chi connectivity index (χ2v) is 9.71. The van der Waals surface area contributed by atoms with E-state index in [4.69, 9.17) is 0 Å². The van der Waals surface area contributed by atoms with Gasteiger partial charge in [-0.25, -0.2) is 0 Å². The Bertz CT molecular complexity index is 368. The minimum atomic E-state index is 0.637. The van der Waals surface area contributed by atoms with Gasteiger partial charge >= 0.3 is 0 Å². The lowest BCUT2D eigenvalue weighted by atomic mass is 9.56. The van der Waals surface area contributed by atoms with Gasteiger partial charge in [0.15, 0.2) is 0 Å². The number of hydrogen-bond acceptors (Lipinski definition) is 0. The van der Waals surface area contributed by atoms with Gasteiger partial charge in [-0.15, -0.1) is 0 Å². The summed E-state index contributed by atoms with van der Waals surface area (Å²) in [6.45, 7) is 5.20. The van der Waals surface area contributed by atoms with E-state index in [-0.39, 0.29) is 0 Å². The molecule has 0 radical (unpaired) electrons. The average molecular weight is 289 g/mol. The van der Waals surface area contributed by atoms with Crippen LogP contribution in [0.5, 0.6) is 0 Å². The maximum atomic E-state index is 2.60. The lowest BCUT2D eigenvalue weighted by Gasteiger charge is -2.49. The first kappa shape index (κ1) is 14.6. The molecule has 4 saturated carbocycles. The normalized spacial score (nSPS) is 49.4. The molecule has 4 fully saturated rings. The first-order valence-electron chi connectivity index (χ1n) is 10.2. The van der Waals surface area contributed by atoms with Crippen molar-refractivity contribution in [1.29, 1.82) is 0 Å². The zero-order valence-corrected chi connectivity index (χ0v) is 14.4. The van der Waals surface area contributed by atoms with Gasteiger partial charge in [0, 0.05) is 0 Å². The maximum Gasteiger partial charge on any atom is -0.0323 e. The van der Waals surface area contributed by atoms with Crippen LogP contribution in [0, 0.1) is 40.9 Å². The van der Waals surface area contributed by atoms with E-state index in [2.05, 4.69) is 13.8 Å². The van der Waals surface area contributed by atoms with E-state index < -0.39 is 0 Å². The quantitative estimate of drug-likeness (QED) is 0.520. The zero-order valence-electron chi connectivity index (χ0n) is 14.4. The largest absolute Gasteiger partial charge is 0.0596 e. The smallest absolute Gasteiger partial charge is 0.0323 e. The van der Waals surface area contributed by atoms with E-state index in [1.54, 1.807) is 57.8 Å². The first-order valence-corrected chi connectivity index (χ1v) is 10.2. The van der Waals surface area contributed by atoms with Gasteiger partial charge in [-0.2, -0.15) is 0 Å². The Morgan fingerprint density at radius 2 is 1.33 bits per heavy atom. The molecular weight excluding hydrogens is 252 g/mol. The molecule has 0 spiro atoms. The molecule has 4 rings (SSSR count). The zero-order chi connectivity index (χ0) is 14.4. The fourth-order valence-corrected chi connectivity index (χ4v) is 7.47. The minimum absolute atomic E-state index is 0.637. The van der Waals surface area contributed by atoms with Crippen LogP contribution >= 0.6 is 0 Å². The van der Waals surface area contributed by atoms with Crippen molar-refractivity contribution in [2.45, 2.75) is 90.9 Å². The van der Waals surface area contributed by atoms with Crippen molar-refractivity contribution in [3.63, 3.8) is 0 Å². The van der Waals surface area contributed by atoms with E-state index in [0.29, 0.717) is 5.41 Å². The highest BCUT2D eigenvalue weighted by Gasteiger charge is 2.51. The van der Waals surface area contributed by atoms with E-state index in [0.717, 1.165) is 35.5 Å². The van der Waals surface area contributed by atoms with Crippen LogP contribution in [-0.2, 0) is 0 Å². The predicted molar refractivity (Wildman–Crippen MR) is 90.1 cm³/mol. The summed E-state index contributed by atoms with van der Waals surface area (Å²) in [7, 11) is 0. The third-order valence-corrected chi connectivity index (χ3v) is 8.37. The summed E-state index contributed by atoms with van der Waals surface area (Å²) in [4.78, 5) is 0. The fraction of sp³-hybridized carbons (Fsp3) is 1.00. The number of fused-ring (bicyclic) bond motifs is 3. The molecule has 0 aliphatic heterocycles. The van der Waals surface area contributed by atoms with Crippen LogP contribution in [-0.4, -0.2) is 0 Å². The van der Waals surface area contributed by atoms with Crippen molar-refractivity contribution in [2.24, 2.45) is 40.9 Å². The van der Waals surface area contributed by atoms with Gasteiger partial charge in [-0.1, -0.05) is 52.4 Å². The van der Waals surface area contributed by atoms with Crippen molar-refractivity contribution in [1.82, 2.24) is 0 Å². The Morgan fingerprint density at radius 3 is 2.19 bits per heavy atom. The highest BCUT2D eigenvalue weighted by molar-refractivity contribution is 5.01. The summed E-state index contributed by atoms with van der Waals surface area (Å²) in [5, 5.41) is 0. The van der Waals surface area contributed by atoms with Crippen molar-refractivity contribution < 1.29 is 0 Å². The second-order valence-electron chi connectivity index (χ2n) is 9.71. The van der Waals surface area contributed by atoms with Gasteiger partial charge in [-0.05, 0) is 79.4 Å². The van der Waals surface area contributed by atoms with Crippen LogP contribution in [0.1, 0.15) is 90.9 Å². The monoisotopic (exact) mass is 288 g/mol. The summed E-state index contributed by atoms with van der Waals surface area (Å²) in [6, 6.07) is 0. The molecule has 0 bridgehead atoms. The first-order chi connectivity index (χ1) is 10.2. The predicted octanol–water partition coefficient (Wildman–Crippen LogP) is 6.45. The van der Waals surface area contributed by atoms with Gasteiger partial charge in [-0.3, -0.25) is 0 Å². The van der Waals surface area contributed by atoms with Crippen LogP contribution in [0.2, 0.25) is 0 Å². The molecule has 0 aromatic heterocycles. The molecule has 21 heavy (non-hydrogen) atoms. The Morgan fingerprint density at radius 1 is 0.619 bits per heavy atom. The molecule has 6 atom stereocenters. The molecule has 0 saturated heterocycles. The molecule has 120 valence electrons. The topological polar surface area (TPSA) is 0 Å². The molecule has 4 aliphatic rings. The van der Waals surface area contributed by atoms with Crippen LogP contribution < -0.4 is 0 Å². The van der Waals surface area contributed by atoms with Gasteiger partial charge < -0.3 is 0 Å². The third kappa shape index (κ3) is 2.49. The molecule has 0 aromatic carbocycles. The number of hydrogen-bond donors (Lipinski definition) is 0. The van der Waals surface area contributed by atoms with Crippen LogP contribution in [0.3, 0.4) is 0 Å². The minimum Gasteiger partial charge on any atom is -0.0596 e. The Labute approximate surface area is 132 Å². The van der Waals surface area contributed by atoms with Crippen molar-refractivity contribution in [2.75, 3.05) is 0 Å². The lowest BCUT2D eigenvalue weighted by Crippen LogP contribution is -2.40. The number of rotatable bonds is 1. The summed E-state index contributed by atoms with van der Waals surface area (Å²) >= 11 is 0. The Hall–Kier alpha value is 0. The van der Waals surface area contributed by atoms with E-state index in [9.17, 15) is 0 Å². The van der Waals surface area contributed by atoms with Gasteiger partial charge in [0.05, 0.1) is 0 Å². The van der Waals surface area contributed by atoms with E-state index in [1.807, 2.05) is 0 Å². The van der Waals surface area contributed by atoms with Crippen LogP contribution in [0.25, 0.3) is 0 Å². The van der Waals surface area contributed by atoms with Gasteiger partial charge in [0.1, 0.15) is 0 Å². The molecule has 6 unspecified atom stereocenters. The molecule has 0 heterocycles. The standard InChI is InChI=1S/C21H36/c1-21(2)13-6-5-12-20(21)18-11-7-10-17-16-9-4-3-8-15(16)14-19(17)18/h15-20H,3-14H2,1-2H3. The summed E-state index contributed by atoms with van der Waals surface area (Å²) < 4.78 is 0. The third-order valence-electron chi connectivity index (χ3n) is 8.37. The molecule has 0 amide bonds. The molecular formula is C21H36. The summed E-state index contributed by atoms with van der Waals surface area (Å²) in [5.74, 6) is 6.73. The van der Waals surface area contributed by atoms with Crippen LogP contribution in [0.15, 0.2) is 0 Å². The fourth-order valence-electron chi connectivity index (χ4n) is 7.47. The van der Waals surface area contributed by atoms with E-state index in [1.165, 1.54) is 19.3 Å². The van der Waals surface area contributed by atoms with Crippen LogP contribution in [0.4, 0.5) is 0 Å². The SMILES string of the molecule is CC1(C)CCCCC1C1CCCC2C3CCCCC3CC21. The van der Waals surface area contributed by atoms with Gasteiger partial charge in [0.25, 0.3) is 0 Å². The molecule has 0 heteroatoms. The summed E-state index contributed by atoms with van der Waals surface area (Å²) in [5.41, 5.74) is 0.637. The molecule has 0 N–H and O–H groups in total. The van der Waals surface area contributed by atoms with Crippen molar-refractivity contribution in [3.05, 3.63) is 0 Å². The molecule has 0 aromatic rings. The van der Waals surface area contributed by atoms with E-state index >= 15 is 0 Å². The van der Waals surface area contributed by atoms with Gasteiger partial charge in [0.2, 0.25) is 0 Å². The summed E-state index contributed by atoms with van der Waals surface area (Å²) in [6.07, 6.45) is 18.7. The van der Waals surface area contributed by atoms with Crippen molar-refractivity contribution >= 4 is 0 Å². The highest BCUT2D eigenvalue weighted by Crippen LogP contribution is 2.60. The maximum absolute atomic E-state index is 2.60. The lowest BCUT2D eigenvalue weighted by molar-refractivity contribution is 0.00965. The van der Waals surface area contributed by atoms with Crippen molar-refractivity contribution in [3.8, 4) is 0 Å². The molecule has 0 nitrogen and oxygen atoms in total.